The molecule has 0 aromatic heterocycles. The van der Waals surface area contributed by atoms with E-state index < -0.39 is 0 Å². The van der Waals surface area contributed by atoms with Crippen molar-refractivity contribution in [2.24, 2.45) is 11.8 Å². The summed E-state index contributed by atoms with van der Waals surface area (Å²) in [5, 5.41) is 3.68. The van der Waals surface area contributed by atoms with Crippen LogP contribution in [0.3, 0.4) is 0 Å². The van der Waals surface area contributed by atoms with Gasteiger partial charge in [-0.2, -0.15) is 0 Å². The van der Waals surface area contributed by atoms with Crippen LogP contribution in [0.1, 0.15) is 52.1 Å². The van der Waals surface area contributed by atoms with E-state index in [1.165, 1.54) is 24.9 Å². The van der Waals surface area contributed by atoms with Gasteiger partial charge in [0.2, 0.25) is 0 Å². The smallest absolute Gasteiger partial charge is 0.0475 e. The van der Waals surface area contributed by atoms with Gasteiger partial charge in [-0.05, 0) is 36.8 Å². The van der Waals surface area contributed by atoms with Gasteiger partial charge in [-0.25, -0.2) is 0 Å². The van der Waals surface area contributed by atoms with Crippen LogP contribution in [0.4, 0.5) is 0 Å². The SMILES string of the molecule is CC(C)CNCC(c1ccccc1)N(CC(C)C)C1CC1. The molecule has 0 saturated heterocycles. The average molecular weight is 288 g/mol. The third-order valence-corrected chi connectivity index (χ3v) is 4.07. The van der Waals surface area contributed by atoms with Gasteiger partial charge in [-0.3, -0.25) is 4.90 Å². The Hall–Kier alpha value is -0.860. The summed E-state index contributed by atoms with van der Waals surface area (Å²) in [6, 6.07) is 12.4. The molecule has 2 rings (SSSR count). The van der Waals surface area contributed by atoms with E-state index in [0.717, 1.165) is 25.0 Å². The summed E-state index contributed by atoms with van der Waals surface area (Å²) in [6.45, 7) is 12.6. The molecule has 1 aromatic carbocycles. The molecule has 0 aliphatic heterocycles. The monoisotopic (exact) mass is 288 g/mol. The lowest BCUT2D eigenvalue weighted by Crippen LogP contribution is -2.40. The average Bonchev–Trinajstić information content (AvgIpc) is 3.26. The fraction of sp³-hybridized carbons (Fsp3) is 0.684. The van der Waals surface area contributed by atoms with Crippen LogP contribution in [0.15, 0.2) is 30.3 Å². The normalized spacial score (nSPS) is 16.9. The minimum atomic E-state index is 0.514. The first-order valence-corrected chi connectivity index (χ1v) is 8.59. The molecule has 1 aromatic rings. The van der Waals surface area contributed by atoms with Gasteiger partial charge in [0, 0.05) is 25.2 Å². The predicted octanol–water partition coefficient (Wildman–Crippen LogP) is 4.09. The molecule has 1 fully saturated rings. The van der Waals surface area contributed by atoms with Crippen LogP contribution in [0.25, 0.3) is 0 Å². The van der Waals surface area contributed by atoms with Gasteiger partial charge < -0.3 is 5.32 Å². The summed E-state index contributed by atoms with van der Waals surface area (Å²) >= 11 is 0. The van der Waals surface area contributed by atoms with E-state index in [0.29, 0.717) is 12.0 Å². The topological polar surface area (TPSA) is 15.3 Å². The molecule has 2 nitrogen and oxygen atoms in total. The molecule has 1 aliphatic carbocycles. The summed E-state index contributed by atoms with van der Waals surface area (Å²) in [5.41, 5.74) is 1.46. The lowest BCUT2D eigenvalue weighted by Gasteiger charge is -2.34. The molecule has 0 spiro atoms. The minimum Gasteiger partial charge on any atom is -0.315 e. The summed E-state index contributed by atoms with van der Waals surface area (Å²) < 4.78 is 0. The van der Waals surface area contributed by atoms with Crippen molar-refractivity contribution >= 4 is 0 Å². The molecule has 118 valence electrons. The molecular formula is C19H32N2. The van der Waals surface area contributed by atoms with E-state index in [1.54, 1.807) is 0 Å². The number of hydrogen-bond donors (Lipinski definition) is 1. The zero-order valence-electron chi connectivity index (χ0n) is 14.2. The lowest BCUT2D eigenvalue weighted by molar-refractivity contribution is 0.161. The van der Waals surface area contributed by atoms with Crippen LogP contribution in [0.2, 0.25) is 0 Å². The Morgan fingerprint density at radius 2 is 1.67 bits per heavy atom. The van der Waals surface area contributed by atoms with Gasteiger partial charge in [-0.15, -0.1) is 0 Å². The number of hydrogen-bond acceptors (Lipinski definition) is 2. The summed E-state index contributed by atoms with van der Waals surface area (Å²) in [6.07, 6.45) is 2.75. The first kappa shape index (κ1) is 16.5. The second kappa shape index (κ2) is 7.95. The van der Waals surface area contributed by atoms with Crippen molar-refractivity contribution in [3.8, 4) is 0 Å². The summed E-state index contributed by atoms with van der Waals surface area (Å²) in [4.78, 5) is 2.74. The standard InChI is InChI=1S/C19H32N2/c1-15(2)12-20-13-19(17-8-6-5-7-9-17)21(14-16(3)4)18-10-11-18/h5-9,15-16,18-20H,10-14H2,1-4H3. The molecule has 1 N–H and O–H groups in total. The van der Waals surface area contributed by atoms with Gasteiger partial charge in [0.05, 0.1) is 0 Å². The minimum absolute atomic E-state index is 0.514. The molecule has 1 atom stereocenters. The van der Waals surface area contributed by atoms with Gasteiger partial charge in [-0.1, -0.05) is 58.0 Å². The number of benzene rings is 1. The second-order valence-electron chi connectivity index (χ2n) is 7.30. The Bertz CT molecular complexity index is 395. The van der Waals surface area contributed by atoms with Gasteiger partial charge in [0.25, 0.3) is 0 Å². The zero-order valence-corrected chi connectivity index (χ0v) is 14.2. The number of nitrogens with one attached hydrogen (secondary N) is 1. The highest BCUT2D eigenvalue weighted by Crippen LogP contribution is 2.34. The summed E-state index contributed by atoms with van der Waals surface area (Å²) in [5.74, 6) is 1.43. The first-order valence-electron chi connectivity index (χ1n) is 8.59. The van der Waals surface area contributed by atoms with E-state index >= 15 is 0 Å². The van der Waals surface area contributed by atoms with Crippen molar-refractivity contribution in [3.05, 3.63) is 35.9 Å². The third kappa shape index (κ3) is 5.44. The van der Waals surface area contributed by atoms with Crippen molar-refractivity contribution in [1.29, 1.82) is 0 Å². The highest BCUT2D eigenvalue weighted by molar-refractivity contribution is 5.20. The highest BCUT2D eigenvalue weighted by atomic mass is 15.2. The second-order valence-corrected chi connectivity index (χ2v) is 7.30. The molecule has 0 bridgehead atoms. The third-order valence-electron chi connectivity index (χ3n) is 4.07. The maximum atomic E-state index is 3.68. The fourth-order valence-electron chi connectivity index (χ4n) is 2.97. The van der Waals surface area contributed by atoms with E-state index in [-0.39, 0.29) is 0 Å². The predicted molar refractivity (Wildman–Crippen MR) is 91.5 cm³/mol. The number of rotatable bonds is 9. The van der Waals surface area contributed by atoms with E-state index in [2.05, 4.69) is 68.2 Å². The molecule has 1 unspecified atom stereocenters. The highest BCUT2D eigenvalue weighted by Gasteiger charge is 2.34. The Morgan fingerprint density at radius 1 is 1.00 bits per heavy atom. The maximum Gasteiger partial charge on any atom is 0.0475 e. The van der Waals surface area contributed by atoms with Crippen LogP contribution in [-0.4, -0.2) is 30.6 Å². The van der Waals surface area contributed by atoms with Crippen LogP contribution < -0.4 is 5.32 Å². The molecule has 0 amide bonds. The molecule has 1 saturated carbocycles. The molecule has 0 heterocycles. The van der Waals surface area contributed by atoms with Gasteiger partial charge in [0.1, 0.15) is 0 Å². The quantitative estimate of drug-likeness (QED) is 0.736. The van der Waals surface area contributed by atoms with Crippen molar-refractivity contribution in [2.75, 3.05) is 19.6 Å². The Morgan fingerprint density at radius 3 is 2.19 bits per heavy atom. The van der Waals surface area contributed by atoms with Crippen molar-refractivity contribution in [1.82, 2.24) is 10.2 Å². The maximum absolute atomic E-state index is 3.68. The van der Waals surface area contributed by atoms with E-state index in [9.17, 15) is 0 Å². The van der Waals surface area contributed by atoms with Crippen molar-refractivity contribution < 1.29 is 0 Å². The Labute approximate surface area is 130 Å². The zero-order chi connectivity index (χ0) is 15.2. The number of nitrogens with zero attached hydrogens (tertiary/aromatic N) is 1. The van der Waals surface area contributed by atoms with Gasteiger partial charge in [0.15, 0.2) is 0 Å². The molecule has 1 aliphatic rings. The Kier molecular flexibility index (Phi) is 6.25. The Balaban J connectivity index is 2.09. The first-order chi connectivity index (χ1) is 10.1. The largest absolute Gasteiger partial charge is 0.315 e. The van der Waals surface area contributed by atoms with Crippen molar-refractivity contribution in [2.45, 2.75) is 52.6 Å². The van der Waals surface area contributed by atoms with E-state index in [4.69, 9.17) is 0 Å². The van der Waals surface area contributed by atoms with Crippen LogP contribution in [0, 0.1) is 11.8 Å². The van der Waals surface area contributed by atoms with Crippen LogP contribution in [-0.2, 0) is 0 Å². The van der Waals surface area contributed by atoms with Crippen LogP contribution in [0.5, 0.6) is 0 Å². The fourth-order valence-corrected chi connectivity index (χ4v) is 2.97. The van der Waals surface area contributed by atoms with E-state index in [1.807, 2.05) is 0 Å². The van der Waals surface area contributed by atoms with Gasteiger partial charge >= 0.3 is 0 Å². The molecular weight excluding hydrogens is 256 g/mol. The molecule has 21 heavy (non-hydrogen) atoms. The van der Waals surface area contributed by atoms with Crippen LogP contribution >= 0.6 is 0 Å². The molecule has 2 heteroatoms. The molecule has 0 radical (unpaired) electrons. The lowest BCUT2D eigenvalue weighted by atomic mass is 10.0. The van der Waals surface area contributed by atoms with Crippen molar-refractivity contribution in [3.63, 3.8) is 0 Å². The summed E-state index contributed by atoms with van der Waals surface area (Å²) in [7, 11) is 0.